The van der Waals surface area contributed by atoms with E-state index in [1.54, 1.807) is 16.9 Å². The minimum atomic E-state index is -0.0712. The standard InChI is InChI=1S/C21H26N6O2/c1-3-27-10-8-18(24-27)23-20(28)11-16-5-4-9-25(13-16)21(29)17-14-26-12-15(2)6-7-19(26)22-17/h6-8,10,12,14,16H,3-5,9,11,13H2,1-2H3,(H,23,24,28). The van der Waals surface area contributed by atoms with Gasteiger partial charge in [0.25, 0.3) is 5.91 Å². The summed E-state index contributed by atoms with van der Waals surface area (Å²) in [7, 11) is 0. The summed E-state index contributed by atoms with van der Waals surface area (Å²) in [5.74, 6) is 0.577. The Balaban J connectivity index is 1.37. The van der Waals surface area contributed by atoms with E-state index >= 15 is 0 Å². The predicted molar refractivity (Wildman–Crippen MR) is 110 cm³/mol. The van der Waals surface area contributed by atoms with Gasteiger partial charge in [-0.25, -0.2) is 4.98 Å². The van der Waals surface area contributed by atoms with Crippen molar-refractivity contribution < 1.29 is 9.59 Å². The van der Waals surface area contributed by atoms with Crippen LogP contribution in [0.1, 0.15) is 42.2 Å². The molecule has 8 heteroatoms. The van der Waals surface area contributed by atoms with Crippen LogP contribution in [0.5, 0.6) is 0 Å². The van der Waals surface area contributed by atoms with Gasteiger partial charge in [-0.15, -0.1) is 0 Å². The Bertz CT molecular complexity index is 1040. The van der Waals surface area contributed by atoms with Gasteiger partial charge in [0.05, 0.1) is 0 Å². The lowest BCUT2D eigenvalue weighted by Gasteiger charge is -2.32. The zero-order valence-corrected chi connectivity index (χ0v) is 16.8. The van der Waals surface area contributed by atoms with Crippen LogP contribution in [0.4, 0.5) is 5.82 Å². The molecule has 1 saturated heterocycles. The second-order valence-corrected chi connectivity index (χ2v) is 7.67. The largest absolute Gasteiger partial charge is 0.337 e. The van der Waals surface area contributed by atoms with E-state index in [1.165, 1.54) is 0 Å². The summed E-state index contributed by atoms with van der Waals surface area (Å²) in [6, 6.07) is 5.69. The molecule has 29 heavy (non-hydrogen) atoms. The Morgan fingerprint density at radius 1 is 1.24 bits per heavy atom. The summed E-state index contributed by atoms with van der Waals surface area (Å²) >= 11 is 0. The second-order valence-electron chi connectivity index (χ2n) is 7.67. The first-order valence-corrected chi connectivity index (χ1v) is 10.1. The monoisotopic (exact) mass is 394 g/mol. The van der Waals surface area contributed by atoms with E-state index < -0.39 is 0 Å². The van der Waals surface area contributed by atoms with Crippen LogP contribution in [0.3, 0.4) is 0 Å². The van der Waals surface area contributed by atoms with E-state index in [-0.39, 0.29) is 17.7 Å². The molecule has 152 valence electrons. The van der Waals surface area contributed by atoms with Gasteiger partial charge < -0.3 is 14.6 Å². The molecule has 0 spiro atoms. The zero-order valence-electron chi connectivity index (χ0n) is 16.8. The van der Waals surface area contributed by atoms with Crippen molar-refractivity contribution in [2.24, 2.45) is 5.92 Å². The van der Waals surface area contributed by atoms with Crippen LogP contribution in [0.25, 0.3) is 5.65 Å². The molecule has 1 atom stereocenters. The average Bonchev–Trinajstić information content (AvgIpc) is 3.33. The second kappa shape index (κ2) is 8.06. The van der Waals surface area contributed by atoms with E-state index in [2.05, 4.69) is 15.4 Å². The van der Waals surface area contributed by atoms with Crippen molar-refractivity contribution in [3.8, 4) is 0 Å². The van der Waals surface area contributed by atoms with E-state index in [0.29, 0.717) is 31.0 Å². The molecule has 8 nitrogen and oxygen atoms in total. The molecule has 0 bridgehead atoms. The van der Waals surface area contributed by atoms with Gasteiger partial charge in [0.15, 0.2) is 5.82 Å². The molecular formula is C21H26N6O2. The normalized spacial score (nSPS) is 16.9. The summed E-state index contributed by atoms with van der Waals surface area (Å²) in [6.07, 6.45) is 7.79. The maximum absolute atomic E-state index is 12.9. The van der Waals surface area contributed by atoms with Crippen LogP contribution in [-0.2, 0) is 11.3 Å². The van der Waals surface area contributed by atoms with Crippen molar-refractivity contribution in [3.63, 3.8) is 0 Å². The number of piperidine rings is 1. The number of aryl methyl sites for hydroxylation is 2. The van der Waals surface area contributed by atoms with Gasteiger partial charge in [0, 0.05) is 50.7 Å². The van der Waals surface area contributed by atoms with Crippen molar-refractivity contribution >= 4 is 23.3 Å². The SMILES string of the molecule is CCn1ccc(NC(=O)CC2CCCN(C(=O)c3cn4cc(C)ccc4n3)C2)n1. The average molecular weight is 394 g/mol. The Hall–Kier alpha value is -3.16. The molecule has 0 aliphatic carbocycles. The van der Waals surface area contributed by atoms with Crippen molar-refractivity contribution in [2.75, 3.05) is 18.4 Å². The van der Waals surface area contributed by atoms with Crippen LogP contribution in [0, 0.1) is 12.8 Å². The number of amides is 2. The summed E-state index contributed by atoms with van der Waals surface area (Å²) in [6.45, 7) is 6.04. The number of imidazole rings is 1. The molecule has 1 aliphatic rings. The van der Waals surface area contributed by atoms with Gasteiger partial charge in [-0.05, 0) is 44.2 Å². The van der Waals surface area contributed by atoms with Gasteiger partial charge in [0.2, 0.25) is 5.91 Å². The van der Waals surface area contributed by atoms with Crippen molar-refractivity contribution in [1.82, 2.24) is 24.1 Å². The first-order valence-electron chi connectivity index (χ1n) is 10.1. The first-order chi connectivity index (χ1) is 14.0. The molecule has 0 radical (unpaired) electrons. The quantitative estimate of drug-likeness (QED) is 0.721. The van der Waals surface area contributed by atoms with E-state index in [4.69, 9.17) is 0 Å². The molecule has 1 unspecified atom stereocenters. The predicted octanol–water partition coefficient (Wildman–Crippen LogP) is 2.74. The number of anilines is 1. The van der Waals surface area contributed by atoms with Crippen molar-refractivity contribution in [3.05, 3.63) is 48.0 Å². The molecule has 4 rings (SSSR count). The minimum Gasteiger partial charge on any atom is -0.337 e. The summed E-state index contributed by atoms with van der Waals surface area (Å²) in [5, 5.41) is 7.13. The molecule has 1 fully saturated rings. The van der Waals surface area contributed by atoms with Crippen LogP contribution in [-0.4, -0.2) is 49.0 Å². The topological polar surface area (TPSA) is 84.5 Å². The molecule has 1 aliphatic heterocycles. The molecular weight excluding hydrogens is 368 g/mol. The van der Waals surface area contributed by atoms with Crippen LogP contribution in [0.15, 0.2) is 36.8 Å². The molecule has 2 amide bonds. The number of nitrogens with zero attached hydrogens (tertiary/aromatic N) is 5. The highest BCUT2D eigenvalue weighted by Crippen LogP contribution is 2.22. The van der Waals surface area contributed by atoms with Crippen molar-refractivity contribution in [1.29, 1.82) is 0 Å². The summed E-state index contributed by atoms with van der Waals surface area (Å²) < 4.78 is 3.65. The van der Waals surface area contributed by atoms with Crippen LogP contribution < -0.4 is 5.32 Å². The number of rotatable bonds is 5. The lowest BCUT2D eigenvalue weighted by Crippen LogP contribution is -2.41. The highest BCUT2D eigenvalue weighted by Gasteiger charge is 2.27. The fourth-order valence-electron chi connectivity index (χ4n) is 3.84. The third-order valence-electron chi connectivity index (χ3n) is 5.33. The van der Waals surface area contributed by atoms with E-state index in [1.807, 2.05) is 47.7 Å². The molecule has 4 heterocycles. The minimum absolute atomic E-state index is 0.0612. The molecule has 3 aromatic heterocycles. The fraction of sp³-hybridized carbons (Fsp3) is 0.429. The van der Waals surface area contributed by atoms with Gasteiger partial charge in [0.1, 0.15) is 11.3 Å². The maximum atomic E-state index is 12.9. The molecule has 3 aromatic rings. The van der Waals surface area contributed by atoms with Crippen LogP contribution in [0.2, 0.25) is 0 Å². The number of carbonyl (C=O) groups is 2. The number of pyridine rings is 1. The Kier molecular flexibility index (Phi) is 5.33. The zero-order chi connectivity index (χ0) is 20.4. The summed E-state index contributed by atoms with van der Waals surface area (Å²) in [4.78, 5) is 31.6. The van der Waals surface area contributed by atoms with E-state index in [0.717, 1.165) is 30.6 Å². The third-order valence-corrected chi connectivity index (χ3v) is 5.33. The van der Waals surface area contributed by atoms with Crippen LogP contribution >= 0.6 is 0 Å². The highest BCUT2D eigenvalue weighted by atomic mass is 16.2. The Morgan fingerprint density at radius 3 is 2.90 bits per heavy atom. The number of hydrogen-bond donors (Lipinski definition) is 1. The van der Waals surface area contributed by atoms with E-state index in [9.17, 15) is 9.59 Å². The van der Waals surface area contributed by atoms with Gasteiger partial charge >= 0.3 is 0 Å². The van der Waals surface area contributed by atoms with Crippen molar-refractivity contribution in [2.45, 2.75) is 39.7 Å². The summed E-state index contributed by atoms with van der Waals surface area (Å²) in [5.41, 5.74) is 2.32. The lowest BCUT2D eigenvalue weighted by atomic mass is 9.94. The third kappa shape index (κ3) is 4.31. The highest BCUT2D eigenvalue weighted by molar-refractivity contribution is 5.93. The Morgan fingerprint density at radius 2 is 2.10 bits per heavy atom. The number of carbonyl (C=O) groups excluding carboxylic acids is 2. The van der Waals surface area contributed by atoms with Gasteiger partial charge in [-0.2, -0.15) is 5.10 Å². The number of likely N-dealkylation sites (tertiary alicyclic amines) is 1. The first kappa shape index (κ1) is 19.2. The maximum Gasteiger partial charge on any atom is 0.274 e. The number of hydrogen-bond acceptors (Lipinski definition) is 4. The lowest BCUT2D eigenvalue weighted by molar-refractivity contribution is -0.117. The Labute approximate surface area is 169 Å². The number of aromatic nitrogens is 4. The van der Waals surface area contributed by atoms with Gasteiger partial charge in [-0.1, -0.05) is 6.07 Å². The number of fused-ring (bicyclic) bond motifs is 1. The van der Waals surface area contributed by atoms with Gasteiger partial charge in [-0.3, -0.25) is 14.3 Å². The number of nitrogens with one attached hydrogen (secondary N) is 1. The fourth-order valence-corrected chi connectivity index (χ4v) is 3.84. The molecule has 1 N–H and O–H groups in total. The molecule has 0 aromatic carbocycles. The smallest absolute Gasteiger partial charge is 0.274 e. The molecule has 0 saturated carbocycles.